The van der Waals surface area contributed by atoms with E-state index in [-0.39, 0.29) is 0 Å². The third-order valence-electron chi connectivity index (χ3n) is 5.74. The number of para-hydroxylation sites is 3. The third-order valence-corrected chi connectivity index (χ3v) is 5.74. The Bertz CT molecular complexity index is 1610. The number of hydrogen-bond acceptors (Lipinski definition) is 3. The first-order valence-corrected chi connectivity index (χ1v) is 10.6. The molecule has 6 nitrogen and oxygen atoms in total. The van der Waals surface area contributed by atoms with Crippen molar-refractivity contribution >= 4 is 21.9 Å². The van der Waals surface area contributed by atoms with E-state index in [0.717, 1.165) is 45.5 Å². The van der Waals surface area contributed by atoms with Crippen molar-refractivity contribution in [2.75, 3.05) is 0 Å². The second kappa shape index (κ2) is 7.58. The van der Waals surface area contributed by atoms with Crippen LogP contribution in [0.2, 0.25) is 0 Å². The number of rotatable bonds is 4. The van der Waals surface area contributed by atoms with E-state index < -0.39 is 11.7 Å². The topological polar surface area (TPSA) is 64.3 Å². The SMILES string of the molecule is FC(F)(F)c1cccc(-n2cc(Cn3cc(-c4nc5ccccc5[nH]4)c4ccccc43)nn2)c1. The van der Waals surface area contributed by atoms with Gasteiger partial charge in [-0.05, 0) is 36.4 Å². The minimum atomic E-state index is -4.42. The fourth-order valence-electron chi connectivity index (χ4n) is 4.14. The van der Waals surface area contributed by atoms with Crippen LogP contribution < -0.4 is 0 Å². The number of nitrogens with one attached hydrogen (secondary N) is 1. The largest absolute Gasteiger partial charge is 0.416 e. The van der Waals surface area contributed by atoms with E-state index in [4.69, 9.17) is 4.98 Å². The molecular formula is C25H17F3N6. The van der Waals surface area contributed by atoms with Gasteiger partial charge in [0.15, 0.2) is 0 Å². The molecular weight excluding hydrogens is 441 g/mol. The zero-order valence-electron chi connectivity index (χ0n) is 17.7. The van der Waals surface area contributed by atoms with Crippen LogP contribution >= 0.6 is 0 Å². The van der Waals surface area contributed by atoms with Crippen LogP contribution in [0.1, 0.15) is 11.3 Å². The molecule has 3 heterocycles. The summed E-state index contributed by atoms with van der Waals surface area (Å²) in [6.45, 7) is 0.402. The molecule has 0 amide bonds. The standard InChI is InChI=1S/C25H17F3N6/c26-25(27,28)16-6-5-7-18(12-16)34-14-17(31-32-34)13-33-15-20(19-8-1-4-11-23(19)33)24-29-21-9-2-3-10-22(21)30-24/h1-12,14-15H,13H2,(H,29,30). The minimum absolute atomic E-state index is 0.300. The fourth-order valence-corrected chi connectivity index (χ4v) is 4.14. The van der Waals surface area contributed by atoms with E-state index in [0.29, 0.717) is 17.9 Å². The van der Waals surface area contributed by atoms with Crippen LogP contribution in [0.15, 0.2) is 85.2 Å². The molecule has 6 aromatic rings. The first kappa shape index (κ1) is 20.2. The molecule has 3 aromatic heterocycles. The van der Waals surface area contributed by atoms with Gasteiger partial charge in [-0.1, -0.05) is 41.6 Å². The summed E-state index contributed by atoms with van der Waals surface area (Å²) >= 11 is 0. The molecule has 6 rings (SSSR count). The molecule has 0 unspecified atom stereocenters. The van der Waals surface area contributed by atoms with Crippen molar-refractivity contribution in [1.29, 1.82) is 0 Å². The lowest BCUT2D eigenvalue weighted by Crippen LogP contribution is -2.06. The molecule has 1 N–H and O–H groups in total. The number of imidazole rings is 1. The highest BCUT2D eigenvalue weighted by Crippen LogP contribution is 2.32. The first-order chi connectivity index (χ1) is 16.5. The van der Waals surface area contributed by atoms with Gasteiger partial charge in [0.2, 0.25) is 0 Å². The van der Waals surface area contributed by atoms with E-state index in [1.54, 1.807) is 12.3 Å². The number of hydrogen-bond donors (Lipinski definition) is 1. The monoisotopic (exact) mass is 458 g/mol. The smallest absolute Gasteiger partial charge is 0.341 e. The highest BCUT2D eigenvalue weighted by Gasteiger charge is 2.30. The third kappa shape index (κ3) is 3.51. The molecule has 9 heteroatoms. The second-order valence-corrected chi connectivity index (χ2v) is 7.99. The van der Waals surface area contributed by atoms with Gasteiger partial charge in [0.05, 0.1) is 35.0 Å². The van der Waals surface area contributed by atoms with Crippen LogP contribution in [0, 0.1) is 0 Å². The van der Waals surface area contributed by atoms with Gasteiger partial charge in [-0.25, -0.2) is 9.67 Å². The van der Waals surface area contributed by atoms with Gasteiger partial charge in [0.1, 0.15) is 11.5 Å². The quantitative estimate of drug-likeness (QED) is 0.361. The van der Waals surface area contributed by atoms with Gasteiger partial charge in [-0.2, -0.15) is 13.2 Å². The Hall–Kier alpha value is -4.40. The number of halogens is 3. The Balaban J connectivity index is 1.36. The number of alkyl halides is 3. The molecule has 0 aliphatic heterocycles. The van der Waals surface area contributed by atoms with Crippen LogP contribution in [0.3, 0.4) is 0 Å². The molecule has 0 saturated carbocycles. The van der Waals surface area contributed by atoms with Crippen molar-refractivity contribution in [2.45, 2.75) is 12.7 Å². The van der Waals surface area contributed by atoms with Crippen molar-refractivity contribution in [1.82, 2.24) is 29.5 Å². The van der Waals surface area contributed by atoms with E-state index >= 15 is 0 Å². The lowest BCUT2D eigenvalue weighted by Gasteiger charge is -2.08. The molecule has 0 spiro atoms. The molecule has 0 aliphatic rings. The number of fused-ring (bicyclic) bond motifs is 2. The van der Waals surface area contributed by atoms with Gasteiger partial charge in [0.25, 0.3) is 0 Å². The second-order valence-electron chi connectivity index (χ2n) is 7.99. The Labute approximate surface area is 191 Å². The summed E-state index contributed by atoms with van der Waals surface area (Å²) in [6.07, 6.45) is -0.771. The number of H-pyrrole nitrogens is 1. The van der Waals surface area contributed by atoms with Crippen molar-refractivity contribution in [3.05, 3.63) is 96.4 Å². The number of nitrogens with zero attached hydrogens (tertiary/aromatic N) is 5. The molecule has 0 bridgehead atoms. The van der Waals surface area contributed by atoms with Gasteiger partial charge in [-0.15, -0.1) is 5.10 Å². The number of aromatic amines is 1. The molecule has 168 valence electrons. The van der Waals surface area contributed by atoms with Crippen LogP contribution in [-0.2, 0) is 12.7 Å². The summed E-state index contributed by atoms with van der Waals surface area (Å²) in [6, 6.07) is 20.9. The fraction of sp³-hybridized carbons (Fsp3) is 0.0800. The normalized spacial score (nSPS) is 12.1. The van der Waals surface area contributed by atoms with Crippen LogP contribution in [0.4, 0.5) is 13.2 Å². The number of aromatic nitrogens is 6. The highest BCUT2D eigenvalue weighted by atomic mass is 19.4. The zero-order valence-corrected chi connectivity index (χ0v) is 17.7. The van der Waals surface area contributed by atoms with E-state index in [1.165, 1.54) is 10.7 Å². The summed E-state index contributed by atoms with van der Waals surface area (Å²) in [5.74, 6) is 0.767. The predicted molar refractivity (Wildman–Crippen MR) is 122 cm³/mol. The average Bonchev–Trinajstić information content (AvgIpc) is 3.56. The predicted octanol–water partition coefficient (Wildman–Crippen LogP) is 5.83. The Morgan fingerprint density at radius 1 is 0.882 bits per heavy atom. The van der Waals surface area contributed by atoms with Crippen LogP contribution in [-0.4, -0.2) is 29.5 Å². The number of benzene rings is 3. The van der Waals surface area contributed by atoms with E-state index in [2.05, 4.69) is 15.3 Å². The highest BCUT2D eigenvalue weighted by molar-refractivity contribution is 5.96. The maximum atomic E-state index is 13.1. The lowest BCUT2D eigenvalue weighted by atomic mass is 10.2. The average molecular weight is 458 g/mol. The molecule has 3 aromatic carbocycles. The summed E-state index contributed by atoms with van der Waals surface area (Å²) in [7, 11) is 0. The summed E-state index contributed by atoms with van der Waals surface area (Å²) < 4.78 is 42.6. The van der Waals surface area contributed by atoms with E-state index in [9.17, 15) is 13.2 Å². The maximum absolute atomic E-state index is 13.1. The molecule has 0 saturated heterocycles. The summed E-state index contributed by atoms with van der Waals surface area (Å²) in [5, 5.41) is 9.27. The lowest BCUT2D eigenvalue weighted by molar-refractivity contribution is -0.137. The van der Waals surface area contributed by atoms with Gasteiger partial charge >= 0.3 is 6.18 Å². The Kier molecular flexibility index (Phi) is 4.51. The Morgan fingerprint density at radius 2 is 1.71 bits per heavy atom. The minimum Gasteiger partial charge on any atom is -0.341 e. The van der Waals surface area contributed by atoms with E-state index in [1.807, 2.05) is 59.3 Å². The van der Waals surface area contributed by atoms with Crippen LogP contribution in [0.5, 0.6) is 0 Å². The van der Waals surface area contributed by atoms with Crippen LogP contribution in [0.25, 0.3) is 39.0 Å². The molecule has 0 atom stereocenters. The van der Waals surface area contributed by atoms with Crippen molar-refractivity contribution < 1.29 is 13.2 Å². The van der Waals surface area contributed by atoms with Gasteiger partial charge < -0.3 is 9.55 Å². The molecule has 0 aliphatic carbocycles. The van der Waals surface area contributed by atoms with Gasteiger partial charge in [0, 0.05) is 22.7 Å². The Morgan fingerprint density at radius 3 is 2.56 bits per heavy atom. The van der Waals surface area contributed by atoms with Crippen molar-refractivity contribution in [3.8, 4) is 17.1 Å². The zero-order chi connectivity index (χ0) is 23.3. The first-order valence-electron chi connectivity index (χ1n) is 10.6. The molecule has 0 radical (unpaired) electrons. The van der Waals surface area contributed by atoms with Gasteiger partial charge in [-0.3, -0.25) is 0 Å². The molecule has 0 fully saturated rings. The van der Waals surface area contributed by atoms with Crippen molar-refractivity contribution in [3.63, 3.8) is 0 Å². The summed E-state index contributed by atoms with van der Waals surface area (Å²) in [4.78, 5) is 8.11. The van der Waals surface area contributed by atoms with Crippen molar-refractivity contribution in [2.24, 2.45) is 0 Å². The maximum Gasteiger partial charge on any atom is 0.416 e. The summed E-state index contributed by atoms with van der Waals surface area (Å²) in [5.41, 5.74) is 3.98. The molecule has 34 heavy (non-hydrogen) atoms.